The number of halogens is 1. The van der Waals surface area contributed by atoms with Crippen LogP contribution < -0.4 is 11.5 Å². The molecule has 8 nitrogen and oxygen atoms in total. The van der Waals surface area contributed by atoms with Gasteiger partial charge in [-0.3, -0.25) is 10.1 Å². The zero-order chi connectivity index (χ0) is 10.6. The van der Waals surface area contributed by atoms with Crippen LogP contribution in [0.25, 0.3) is 0 Å². The van der Waals surface area contributed by atoms with Crippen LogP contribution in [0.3, 0.4) is 0 Å². The summed E-state index contributed by atoms with van der Waals surface area (Å²) in [5.41, 5.74) is 9.97. The zero-order valence-corrected chi connectivity index (χ0v) is 8.18. The molecule has 1 aromatic rings. The van der Waals surface area contributed by atoms with Gasteiger partial charge in [0.15, 0.2) is 5.76 Å². The van der Waals surface area contributed by atoms with Crippen LogP contribution in [0.5, 0.6) is 0 Å². The average molecular weight is 234 g/mol. The molecule has 9 heteroatoms. The average Bonchev–Trinajstić information content (AvgIpc) is 2.52. The number of guanidine groups is 1. The first-order valence-corrected chi connectivity index (χ1v) is 3.46. The number of furan rings is 1. The molecular formula is C6H8ClN5O3. The second kappa shape index (κ2) is 5.60. The summed E-state index contributed by atoms with van der Waals surface area (Å²) < 4.78 is 4.73. The minimum absolute atomic E-state index is 0. The summed E-state index contributed by atoms with van der Waals surface area (Å²) in [6, 6.07) is 2.58. The lowest BCUT2D eigenvalue weighted by atomic mass is 10.5. The van der Waals surface area contributed by atoms with Crippen molar-refractivity contribution >= 4 is 30.5 Å². The Balaban J connectivity index is 0.00000196. The van der Waals surface area contributed by atoms with Gasteiger partial charge < -0.3 is 15.9 Å². The number of nitrogens with two attached hydrogens (primary N) is 2. The van der Waals surface area contributed by atoms with E-state index in [-0.39, 0.29) is 30.0 Å². The number of nitrogens with zero attached hydrogens (tertiary/aromatic N) is 3. The molecule has 1 heterocycles. The smallest absolute Gasteiger partial charge is 0.400 e. The fraction of sp³-hybridized carbons (Fsp3) is 0. The van der Waals surface area contributed by atoms with Crippen molar-refractivity contribution in [1.82, 2.24) is 0 Å². The van der Waals surface area contributed by atoms with Crippen molar-refractivity contribution in [2.24, 2.45) is 21.7 Å². The van der Waals surface area contributed by atoms with Crippen LogP contribution in [-0.2, 0) is 0 Å². The van der Waals surface area contributed by atoms with Crippen molar-refractivity contribution in [1.29, 1.82) is 0 Å². The zero-order valence-electron chi connectivity index (χ0n) is 7.36. The Morgan fingerprint density at radius 3 is 2.67 bits per heavy atom. The van der Waals surface area contributed by atoms with Gasteiger partial charge in [-0.25, -0.2) is 0 Å². The second-order valence-corrected chi connectivity index (χ2v) is 2.20. The predicted octanol–water partition coefficient (Wildman–Crippen LogP) is 0.217. The molecule has 1 rings (SSSR count). The molecule has 0 fully saturated rings. The fourth-order valence-electron chi connectivity index (χ4n) is 0.662. The monoisotopic (exact) mass is 233 g/mol. The summed E-state index contributed by atoms with van der Waals surface area (Å²) >= 11 is 0. The molecule has 0 bridgehead atoms. The maximum Gasteiger partial charge on any atom is 0.433 e. The van der Waals surface area contributed by atoms with Crippen LogP contribution in [0.1, 0.15) is 5.76 Å². The van der Waals surface area contributed by atoms with Crippen LogP contribution in [0.4, 0.5) is 5.88 Å². The molecule has 0 unspecified atom stereocenters. The lowest BCUT2D eigenvalue weighted by Crippen LogP contribution is -2.21. The van der Waals surface area contributed by atoms with E-state index in [1.807, 2.05) is 0 Å². The van der Waals surface area contributed by atoms with Crippen molar-refractivity contribution in [2.45, 2.75) is 0 Å². The Bertz CT molecular complexity index is 395. The van der Waals surface area contributed by atoms with E-state index in [1.165, 1.54) is 12.1 Å². The summed E-state index contributed by atoms with van der Waals surface area (Å²) in [6.45, 7) is 0. The summed E-state index contributed by atoms with van der Waals surface area (Å²) in [7, 11) is 0. The minimum Gasteiger partial charge on any atom is -0.400 e. The van der Waals surface area contributed by atoms with Gasteiger partial charge in [0.05, 0.1) is 12.3 Å². The normalized spacial score (nSPS) is 9.60. The lowest BCUT2D eigenvalue weighted by Gasteiger charge is -1.83. The largest absolute Gasteiger partial charge is 0.433 e. The molecule has 4 N–H and O–H groups in total. The van der Waals surface area contributed by atoms with Gasteiger partial charge in [-0.2, -0.15) is 5.10 Å². The number of rotatable bonds is 3. The molecular weight excluding hydrogens is 226 g/mol. The number of hydrogen-bond acceptors (Lipinski definition) is 5. The molecule has 0 aliphatic rings. The molecule has 0 amide bonds. The molecule has 82 valence electrons. The molecule has 0 aromatic carbocycles. The van der Waals surface area contributed by atoms with E-state index in [9.17, 15) is 10.1 Å². The van der Waals surface area contributed by atoms with E-state index in [0.29, 0.717) is 0 Å². The topological polar surface area (TPSA) is 133 Å². The van der Waals surface area contributed by atoms with Gasteiger partial charge in [0.1, 0.15) is 4.92 Å². The van der Waals surface area contributed by atoms with Crippen molar-refractivity contribution in [3.05, 3.63) is 28.0 Å². The number of nitro groups is 1. The highest BCUT2D eigenvalue weighted by Crippen LogP contribution is 2.13. The molecule has 0 saturated carbocycles. The number of hydrogen-bond donors (Lipinski definition) is 2. The third-order valence-corrected chi connectivity index (χ3v) is 1.15. The Morgan fingerprint density at radius 1 is 1.53 bits per heavy atom. The van der Waals surface area contributed by atoms with E-state index < -0.39 is 4.92 Å². The van der Waals surface area contributed by atoms with E-state index >= 15 is 0 Å². The summed E-state index contributed by atoms with van der Waals surface area (Å²) in [6.07, 6.45) is 1.16. The van der Waals surface area contributed by atoms with Crippen LogP contribution in [0, 0.1) is 10.1 Å². The SMILES string of the molecule is Cl.NC(N)=N/N=C\c1ccc([N+](=O)[O-])o1. The molecule has 0 spiro atoms. The van der Waals surface area contributed by atoms with Crippen LogP contribution in [0.15, 0.2) is 26.8 Å². The lowest BCUT2D eigenvalue weighted by molar-refractivity contribution is -0.402. The third-order valence-electron chi connectivity index (χ3n) is 1.15. The second-order valence-electron chi connectivity index (χ2n) is 2.20. The van der Waals surface area contributed by atoms with Crippen molar-refractivity contribution in [3.8, 4) is 0 Å². The fourth-order valence-corrected chi connectivity index (χ4v) is 0.662. The Labute approximate surface area is 90.2 Å². The molecule has 0 aliphatic heterocycles. The van der Waals surface area contributed by atoms with Gasteiger partial charge in [0.2, 0.25) is 5.96 Å². The van der Waals surface area contributed by atoms with Crippen LogP contribution in [-0.4, -0.2) is 17.1 Å². The summed E-state index contributed by atoms with van der Waals surface area (Å²) in [5, 5.41) is 16.9. The van der Waals surface area contributed by atoms with Gasteiger partial charge in [0.25, 0.3) is 0 Å². The molecule has 1 aromatic heterocycles. The van der Waals surface area contributed by atoms with Crippen molar-refractivity contribution in [3.63, 3.8) is 0 Å². The van der Waals surface area contributed by atoms with Gasteiger partial charge in [-0.1, -0.05) is 0 Å². The molecule has 0 aliphatic carbocycles. The summed E-state index contributed by atoms with van der Waals surface area (Å²) in [4.78, 5) is 9.54. The highest BCUT2D eigenvalue weighted by atomic mass is 35.5. The minimum atomic E-state index is -0.655. The van der Waals surface area contributed by atoms with E-state index in [0.717, 1.165) is 6.21 Å². The first-order chi connectivity index (χ1) is 6.59. The third kappa shape index (κ3) is 4.09. The van der Waals surface area contributed by atoms with Crippen molar-refractivity contribution < 1.29 is 9.34 Å². The first-order valence-electron chi connectivity index (χ1n) is 3.46. The van der Waals surface area contributed by atoms with E-state index in [4.69, 9.17) is 15.9 Å². The molecule has 0 atom stereocenters. The van der Waals surface area contributed by atoms with Crippen molar-refractivity contribution in [2.75, 3.05) is 0 Å². The molecule has 0 radical (unpaired) electrons. The maximum absolute atomic E-state index is 10.2. The van der Waals surface area contributed by atoms with Gasteiger partial charge in [-0.15, -0.1) is 17.5 Å². The van der Waals surface area contributed by atoms with Gasteiger partial charge in [-0.05, 0) is 6.07 Å². The highest BCUT2D eigenvalue weighted by Gasteiger charge is 2.09. The molecule has 15 heavy (non-hydrogen) atoms. The Kier molecular flexibility index (Phi) is 4.82. The maximum atomic E-state index is 10.2. The highest BCUT2D eigenvalue weighted by molar-refractivity contribution is 5.85. The molecule has 0 saturated heterocycles. The Morgan fingerprint density at radius 2 is 2.20 bits per heavy atom. The van der Waals surface area contributed by atoms with E-state index in [2.05, 4.69) is 10.2 Å². The van der Waals surface area contributed by atoms with Gasteiger partial charge >= 0.3 is 5.88 Å². The standard InChI is InChI=1S/C6H7N5O3.ClH/c7-6(8)10-9-3-4-1-2-5(14-4)11(12)13;/h1-3H,(H4,7,8,10);1H/b9-3-;. The van der Waals surface area contributed by atoms with Crippen LogP contribution >= 0.6 is 12.4 Å². The predicted molar refractivity (Wildman–Crippen MR) is 56.0 cm³/mol. The van der Waals surface area contributed by atoms with Crippen LogP contribution in [0.2, 0.25) is 0 Å². The first kappa shape index (κ1) is 12.9. The van der Waals surface area contributed by atoms with E-state index in [1.54, 1.807) is 0 Å². The van der Waals surface area contributed by atoms with Gasteiger partial charge in [0, 0.05) is 0 Å². The Hall–Kier alpha value is -2.09. The quantitative estimate of drug-likeness (QED) is 0.333. The summed E-state index contributed by atoms with van der Waals surface area (Å²) in [5.74, 6) is -0.375.